The molecule has 0 unspecified atom stereocenters. The molecule has 0 bridgehead atoms. The van der Waals surface area contributed by atoms with Crippen LogP contribution >= 0.6 is 0 Å². The van der Waals surface area contributed by atoms with E-state index in [4.69, 9.17) is 14.2 Å². The first kappa shape index (κ1) is 15.4. The lowest BCUT2D eigenvalue weighted by Gasteiger charge is -2.11. The van der Waals surface area contributed by atoms with Crippen molar-refractivity contribution in [3.63, 3.8) is 0 Å². The number of carbonyl (C=O) groups is 1. The Bertz CT molecular complexity index is 721. The minimum absolute atomic E-state index is 0.149. The number of methoxy groups -OCH3 is 2. The predicted octanol–water partition coefficient (Wildman–Crippen LogP) is 3.55. The Morgan fingerprint density at radius 1 is 1.00 bits per heavy atom. The van der Waals surface area contributed by atoms with Gasteiger partial charge in [-0.15, -0.1) is 0 Å². The molecule has 0 aromatic heterocycles. The van der Waals surface area contributed by atoms with Gasteiger partial charge in [-0.1, -0.05) is 6.07 Å². The molecule has 0 radical (unpaired) electrons. The molecule has 3 rings (SSSR count). The summed E-state index contributed by atoms with van der Waals surface area (Å²) < 4.78 is 15.9. The van der Waals surface area contributed by atoms with Crippen LogP contribution in [0, 0.1) is 0 Å². The van der Waals surface area contributed by atoms with E-state index in [0.29, 0.717) is 17.1 Å². The van der Waals surface area contributed by atoms with Crippen molar-refractivity contribution in [1.82, 2.24) is 0 Å². The molecule has 0 atom stereocenters. The van der Waals surface area contributed by atoms with Crippen molar-refractivity contribution in [3.05, 3.63) is 58.7 Å². The average Bonchev–Trinajstić information content (AvgIpc) is 3.06. The SMILES string of the molecule is COc1ccc(OC)c(COC(=O)c2ccc3c(c2)CCC3)c1. The smallest absolute Gasteiger partial charge is 0.338 e. The van der Waals surface area contributed by atoms with Gasteiger partial charge in [0.2, 0.25) is 0 Å². The molecule has 120 valence electrons. The third kappa shape index (κ3) is 3.31. The van der Waals surface area contributed by atoms with Crippen molar-refractivity contribution >= 4 is 5.97 Å². The highest BCUT2D eigenvalue weighted by Gasteiger charge is 2.15. The number of rotatable bonds is 5. The van der Waals surface area contributed by atoms with Gasteiger partial charge >= 0.3 is 5.97 Å². The fourth-order valence-corrected chi connectivity index (χ4v) is 2.92. The van der Waals surface area contributed by atoms with E-state index in [-0.39, 0.29) is 12.6 Å². The molecule has 1 aliphatic rings. The number of fused-ring (bicyclic) bond motifs is 1. The second-order valence-electron chi connectivity index (χ2n) is 5.59. The summed E-state index contributed by atoms with van der Waals surface area (Å²) in [6.45, 7) is 0.149. The second kappa shape index (κ2) is 6.73. The molecule has 0 amide bonds. The number of aryl methyl sites for hydroxylation is 2. The molecule has 0 saturated carbocycles. The summed E-state index contributed by atoms with van der Waals surface area (Å²) in [4.78, 5) is 12.3. The topological polar surface area (TPSA) is 44.8 Å². The molecule has 0 fully saturated rings. The van der Waals surface area contributed by atoms with Crippen LogP contribution in [0.2, 0.25) is 0 Å². The van der Waals surface area contributed by atoms with Crippen LogP contribution < -0.4 is 9.47 Å². The second-order valence-corrected chi connectivity index (χ2v) is 5.59. The van der Waals surface area contributed by atoms with Crippen LogP contribution in [0.3, 0.4) is 0 Å². The molecule has 0 aliphatic heterocycles. The van der Waals surface area contributed by atoms with Crippen molar-refractivity contribution < 1.29 is 19.0 Å². The van der Waals surface area contributed by atoms with Crippen LogP contribution in [0.4, 0.5) is 0 Å². The number of carbonyl (C=O) groups excluding carboxylic acids is 1. The number of esters is 1. The molecule has 2 aromatic carbocycles. The monoisotopic (exact) mass is 312 g/mol. The van der Waals surface area contributed by atoms with Crippen LogP contribution in [0.1, 0.15) is 33.5 Å². The maximum Gasteiger partial charge on any atom is 0.338 e. The Labute approximate surface area is 136 Å². The molecule has 0 heterocycles. The van der Waals surface area contributed by atoms with Gasteiger partial charge in [0.1, 0.15) is 18.1 Å². The summed E-state index contributed by atoms with van der Waals surface area (Å²) >= 11 is 0. The van der Waals surface area contributed by atoms with E-state index in [1.165, 1.54) is 11.1 Å². The molecular formula is C19H20O4. The molecule has 0 N–H and O–H groups in total. The lowest BCUT2D eigenvalue weighted by molar-refractivity contribution is 0.0469. The number of hydrogen-bond acceptors (Lipinski definition) is 4. The Morgan fingerprint density at radius 2 is 1.83 bits per heavy atom. The van der Waals surface area contributed by atoms with E-state index in [1.807, 2.05) is 30.3 Å². The Kier molecular flexibility index (Phi) is 4.51. The van der Waals surface area contributed by atoms with Gasteiger partial charge in [-0.3, -0.25) is 0 Å². The molecule has 0 saturated heterocycles. The van der Waals surface area contributed by atoms with Gasteiger partial charge in [0, 0.05) is 5.56 Å². The Morgan fingerprint density at radius 3 is 2.61 bits per heavy atom. The first-order valence-corrected chi connectivity index (χ1v) is 7.71. The van der Waals surface area contributed by atoms with Crippen LogP contribution in [-0.2, 0) is 24.2 Å². The maximum absolute atomic E-state index is 12.3. The summed E-state index contributed by atoms with van der Waals surface area (Å²) in [5.74, 6) is 1.06. The van der Waals surface area contributed by atoms with Crippen molar-refractivity contribution in [2.45, 2.75) is 25.9 Å². The van der Waals surface area contributed by atoms with E-state index in [0.717, 1.165) is 24.8 Å². The third-order valence-corrected chi connectivity index (χ3v) is 4.18. The Balaban J connectivity index is 1.71. The molecule has 4 nitrogen and oxygen atoms in total. The zero-order chi connectivity index (χ0) is 16.2. The third-order valence-electron chi connectivity index (χ3n) is 4.18. The van der Waals surface area contributed by atoms with Gasteiger partial charge in [-0.2, -0.15) is 0 Å². The Hall–Kier alpha value is -2.49. The van der Waals surface area contributed by atoms with Crippen molar-refractivity contribution in [3.8, 4) is 11.5 Å². The van der Waals surface area contributed by atoms with Crippen LogP contribution in [0.25, 0.3) is 0 Å². The standard InChI is InChI=1S/C19H20O4/c1-21-17-8-9-18(22-2)16(11-17)12-23-19(20)15-7-6-13-4-3-5-14(13)10-15/h6-11H,3-5,12H2,1-2H3. The van der Waals surface area contributed by atoms with Crippen molar-refractivity contribution in [1.29, 1.82) is 0 Å². The predicted molar refractivity (Wildman–Crippen MR) is 87.1 cm³/mol. The first-order chi connectivity index (χ1) is 11.2. The number of hydrogen-bond donors (Lipinski definition) is 0. The fraction of sp³-hybridized carbons (Fsp3) is 0.316. The number of benzene rings is 2. The quantitative estimate of drug-likeness (QED) is 0.792. The molecular weight excluding hydrogens is 292 g/mol. The minimum atomic E-state index is -0.315. The van der Waals surface area contributed by atoms with Gasteiger partial charge in [0.05, 0.1) is 19.8 Å². The van der Waals surface area contributed by atoms with Gasteiger partial charge in [0.15, 0.2) is 0 Å². The summed E-state index contributed by atoms with van der Waals surface area (Å²) in [5, 5.41) is 0. The van der Waals surface area contributed by atoms with Gasteiger partial charge in [-0.25, -0.2) is 4.79 Å². The van der Waals surface area contributed by atoms with E-state index >= 15 is 0 Å². The fourth-order valence-electron chi connectivity index (χ4n) is 2.92. The van der Waals surface area contributed by atoms with Gasteiger partial charge < -0.3 is 14.2 Å². The van der Waals surface area contributed by atoms with Gasteiger partial charge in [-0.05, 0) is 60.7 Å². The van der Waals surface area contributed by atoms with E-state index in [2.05, 4.69) is 0 Å². The zero-order valence-corrected chi connectivity index (χ0v) is 13.4. The van der Waals surface area contributed by atoms with Crippen LogP contribution in [-0.4, -0.2) is 20.2 Å². The first-order valence-electron chi connectivity index (χ1n) is 7.71. The minimum Gasteiger partial charge on any atom is -0.497 e. The van der Waals surface area contributed by atoms with E-state index in [9.17, 15) is 4.79 Å². The van der Waals surface area contributed by atoms with Crippen molar-refractivity contribution in [2.75, 3.05) is 14.2 Å². The summed E-state index contributed by atoms with van der Waals surface area (Å²) in [6.07, 6.45) is 3.31. The summed E-state index contributed by atoms with van der Waals surface area (Å²) in [7, 11) is 3.19. The lowest BCUT2D eigenvalue weighted by Crippen LogP contribution is -2.07. The average molecular weight is 312 g/mol. The molecule has 2 aromatic rings. The lowest BCUT2D eigenvalue weighted by atomic mass is 10.1. The highest BCUT2D eigenvalue weighted by Crippen LogP contribution is 2.26. The van der Waals surface area contributed by atoms with Gasteiger partial charge in [0.25, 0.3) is 0 Å². The molecule has 4 heteroatoms. The highest BCUT2D eigenvalue weighted by molar-refractivity contribution is 5.89. The molecule has 23 heavy (non-hydrogen) atoms. The number of ether oxygens (including phenoxy) is 3. The highest BCUT2D eigenvalue weighted by atomic mass is 16.5. The molecule has 1 aliphatic carbocycles. The molecule has 0 spiro atoms. The summed E-state index contributed by atoms with van der Waals surface area (Å²) in [5.41, 5.74) is 3.99. The van der Waals surface area contributed by atoms with Crippen LogP contribution in [0.15, 0.2) is 36.4 Å². The van der Waals surface area contributed by atoms with E-state index < -0.39 is 0 Å². The summed E-state index contributed by atoms with van der Waals surface area (Å²) in [6, 6.07) is 11.3. The largest absolute Gasteiger partial charge is 0.497 e. The normalized spacial score (nSPS) is 12.6. The maximum atomic E-state index is 12.3. The zero-order valence-electron chi connectivity index (χ0n) is 13.4. The van der Waals surface area contributed by atoms with E-state index in [1.54, 1.807) is 20.3 Å². The van der Waals surface area contributed by atoms with Crippen LogP contribution in [0.5, 0.6) is 11.5 Å². The van der Waals surface area contributed by atoms with Crippen molar-refractivity contribution in [2.24, 2.45) is 0 Å².